The molecular formula is C27H22ClFN2O2. The van der Waals surface area contributed by atoms with Gasteiger partial charge >= 0.3 is 0 Å². The van der Waals surface area contributed by atoms with Crippen LogP contribution in [0.1, 0.15) is 42.9 Å². The summed E-state index contributed by atoms with van der Waals surface area (Å²) in [6.45, 7) is 1.50. The molecule has 0 saturated heterocycles. The number of nitrogens with zero attached hydrogens (tertiary/aromatic N) is 1. The van der Waals surface area contributed by atoms with E-state index < -0.39 is 6.04 Å². The Morgan fingerprint density at radius 1 is 1.00 bits per heavy atom. The van der Waals surface area contributed by atoms with E-state index in [0.717, 1.165) is 16.9 Å². The first-order valence-electron chi connectivity index (χ1n) is 10.9. The van der Waals surface area contributed by atoms with Crippen LogP contribution in [0.5, 0.6) is 0 Å². The lowest BCUT2D eigenvalue weighted by atomic mass is 9.78. The van der Waals surface area contributed by atoms with Crippen LogP contribution in [0, 0.1) is 5.82 Å². The first-order chi connectivity index (χ1) is 15.9. The fourth-order valence-electron chi connectivity index (χ4n) is 4.90. The van der Waals surface area contributed by atoms with Crippen LogP contribution in [0.4, 0.5) is 15.8 Å². The van der Waals surface area contributed by atoms with Crippen molar-refractivity contribution in [3.8, 4) is 0 Å². The van der Waals surface area contributed by atoms with E-state index in [4.69, 9.17) is 11.6 Å². The maximum atomic E-state index is 13.7. The summed E-state index contributed by atoms with van der Waals surface area (Å²) < 4.78 is 13.5. The van der Waals surface area contributed by atoms with E-state index in [1.807, 2.05) is 42.5 Å². The maximum Gasteiger partial charge on any atom is 0.224 e. The molecule has 2 atom stereocenters. The van der Waals surface area contributed by atoms with Crippen molar-refractivity contribution in [1.82, 2.24) is 0 Å². The minimum absolute atomic E-state index is 0.0537. The minimum Gasteiger partial charge on any atom is -0.357 e. The number of amides is 1. The summed E-state index contributed by atoms with van der Waals surface area (Å²) >= 11 is 6.60. The van der Waals surface area contributed by atoms with Gasteiger partial charge in [0.15, 0.2) is 5.78 Å². The predicted octanol–water partition coefficient (Wildman–Crippen LogP) is 6.40. The van der Waals surface area contributed by atoms with Crippen molar-refractivity contribution in [3.63, 3.8) is 0 Å². The highest BCUT2D eigenvalue weighted by molar-refractivity contribution is 6.31. The molecule has 0 saturated carbocycles. The highest BCUT2D eigenvalue weighted by atomic mass is 35.5. The zero-order valence-corrected chi connectivity index (χ0v) is 18.8. The van der Waals surface area contributed by atoms with Gasteiger partial charge in [-0.05, 0) is 53.8 Å². The van der Waals surface area contributed by atoms with Crippen molar-refractivity contribution in [2.75, 3.05) is 10.2 Å². The normalized spacial score (nSPS) is 20.0. The SMILES string of the molecule is CC(=O)N1c2ccccc2NC2=C(C(=O)CC(c3ccc(F)cc3)C2)C1c1ccccc1Cl. The molecule has 0 bridgehead atoms. The van der Waals surface area contributed by atoms with Crippen LogP contribution in [0.3, 0.4) is 0 Å². The highest BCUT2D eigenvalue weighted by Crippen LogP contribution is 2.48. The highest BCUT2D eigenvalue weighted by Gasteiger charge is 2.41. The van der Waals surface area contributed by atoms with E-state index in [0.29, 0.717) is 28.3 Å². The Morgan fingerprint density at radius 2 is 1.70 bits per heavy atom. The smallest absolute Gasteiger partial charge is 0.224 e. The summed E-state index contributed by atoms with van der Waals surface area (Å²) in [6.07, 6.45) is 0.836. The lowest BCUT2D eigenvalue weighted by Gasteiger charge is -2.35. The number of hydrogen-bond donors (Lipinski definition) is 1. The summed E-state index contributed by atoms with van der Waals surface area (Å²) in [5.74, 6) is -0.635. The fourth-order valence-corrected chi connectivity index (χ4v) is 5.14. The standard InChI is InChI=1S/C27H22ClFN2O2/c1-16(32)31-24-9-5-4-8-22(24)30-23-14-18(17-10-12-19(29)13-11-17)15-25(33)26(23)27(31)20-6-2-3-7-21(20)28/h2-13,18,27,30H,14-15H2,1H3. The van der Waals surface area contributed by atoms with Crippen molar-refractivity contribution in [1.29, 1.82) is 0 Å². The van der Waals surface area contributed by atoms with E-state index in [2.05, 4.69) is 5.32 Å². The lowest BCUT2D eigenvalue weighted by Crippen LogP contribution is -2.37. The summed E-state index contributed by atoms with van der Waals surface area (Å²) in [6, 6.07) is 20.5. The number of hydrogen-bond acceptors (Lipinski definition) is 3. The molecule has 5 rings (SSSR count). The molecular weight excluding hydrogens is 439 g/mol. The molecule has 0 spiro atoms. The number of rotatable bonds is 2. The van der Waals surface area contributed by atoms with Crippen LogP contribution >= 0.6 is 11.6 Å². The van der Waals surface area contributed by atoms with E-state index in [-0.39, 0.29) is 29.8 Å². The minimum atomic E-state index is -0.649. The van der Waals surface area contributed by atoms with Gasteiger partial charge in [-0.1, -0.05) is 54.1 Å². The number of benzene rings is 3. The molecule has 0 aromatic heterocycles. The second-order valence-electron chi connectivity index (χ2n) is 8.43. The predicted molar refractivity (Wildman–Crippen MR) is 128 cm³/mol. The van der Waals surface area contributed by atoms with Crippen LogP contribution < -0.4 is 10.2 Å². The molecule has 0 fully saturated rings. The van der Waals surface area contributed by atoms with Crippen LogP contribution in [0.15, 0.2) is 84.1 Å². The van der Waals surface area contributed by atoms with Gasteiger partial charge in [0.05, 0.1) is 17.4 Å². The largest absolute Gasteiger partial charge is 0.357 e. The van der Waals surface area contributed by atoms with Gasteiger partial charge in [-0.25, -0.2) is 4.39 Å². The Balaban J connectivity index is 1.71. The Kier molecular flexibility index (Phi) is 5.51. The monoisotopic (exact) mass is 460 g/mol. The molecule has 1 N–H and O–H groups in total. The Hall–Kier alpha value is -3.44. The average molecular weight is 461 g/mol. The molecule has 6 heteroatoms. The summed E-state index contributed by atoms with van der Waals surface area (Å²) in [4.78, 5) is 28.3. The van der Waals surface area contributed by atoms with Crippen LogP contribution in [-0.2, 0) is 9.59 Å². The summed E-state index contributed by atoms with van der Waals surface area (Å²) in [7, 11) is 0. The molecule has 3 aromatic carbocycles. The van der Waals surface area contributed by atoms with Crippen molar-refractivity contribution in [3.05, 3.63) is 106 Å². The van der Waals surface area contributed by atoms with Crippen LogP contribution in [0.2, 0.25) is 5.02 Å². The number of ketones is 1. The van der Waals surface area contributed by atoms with Crippen molar-refractivity contribution >= 4 is 34.7 Å². The Bertz CT molecular complexity index is 1290. The lowest BCUT2D eigenvalue weighted by molar-refractivity contribution is -0.117. The number of halogens is 2. The molecule has 4 nitrogen and oxygen atoms in total. The van der Waals surface area contributed by atoms with Gasteiger partial charge in [-0.15, -0.1) is 0 Å². The molecule has 2 unspecified atom stereocenters. The van der Waals surface area contributed by atoms with E-state index in [1.165, 1.54) is 19.1 Å². The number of nitrogens with one attached hydrogen (secondary N) is 1. The van der Waals surface area contributed by atoms with Gasteiger partial charge in [-0.3, -0.25) is 14.5 Å². The van der Waals surface area contributed by atoms with E-state index in [9.17, 15) is 14.0 Å². The topological polar surface area (TPSA) is 49.4 Å². The molecule has 1 aliphatic carbocycles. The molecule has 3 aromatic rings. The van der Waals surface area contributed by atoms with E-state index in [1.54, 1.807) is 23.1 Å². The Labute approximate surface area is 196 Å². The van der Waals surface area contributed by atoms with Crippen molar-refractivity contribution in [2.45, 2.75) is 31.7 Å². The first kappa shape index (κ1) is 21.4. The van der Waals surface area contributed by atoms with Gasteiger partial charge in [0.25, 0.3) is 0 Å². The summed E-state index contributed by atoms with van der Waals surface area (Å²) in [5, 5.41) is 3.95. The number of para-hydroxylation sites is 2. The molecule has 1 aliphatic heterocycles. The van der Waals surface area contributed by atoms with Gasteiger partial charge in [-0.2, -0.15) is 0 Å². The number of fused-ring (bicyclic) bond motifs is 1. The molecule has 166 valence electrons. The second-order valence-corrected chi connectivity index (χ2v) is 8.83. The summed E-state index contributed by atoms with van der Waals surface area (Å²) in [5.41, 5.74) is 4.37. The molecule has 0 radical (unpaired) electrons. The third kappa shape index (κ3) is 3.83. The third-order valence-corrected chi connectivity index (χ3v) is 6.71. The maximum absolute atomic E-state index is 13.7. The van der Waals surface area contributed by atoms with Gasteiger partial charge in [0, 0.05) is 29.6 Å². The quantitative estimate of drug-likeness (QED) is 0.481. The van der Waals surface area contributed by atoms with Crippen LogP contribution in [-0.4, -0.2) is 11.7 Å². The van der Waals surface area contributed by atoms with Gasteiger partial charge in [0.1, 0.15) is 5.82 Å². The molecule has 1 heterocycles. The Morgan fingerprint density at radius 3 is 2.42 bits per heavy atom. The molecule has 2 aliphatic rings. The number of carbonyl (C=O) groups excluding carboxylic acids is 2. The van der Waals surface area contributed by atoms with E-state index >= 15 is 0 Å². The van der Waals surface area contributed by atoms with Gasteiger partial charge < -0.3 is 5.32 Å². The fraction of sp³-hybridized carbons (Fsp3) is 0.185. The van der Waals surface area contributed by atoms with Crippen molar-refractivity contribution in [2.24, 2.45) is 0 Å². The first-order valence-corrected chi connectivity index (χ1v) is 11.2. The zero-order valence-electron chi connectivity index (χ0n) is 18.0. The third-order valence-electron chi connectivity index (χ3n) is 6.37. The van der Waals surface area contributed by atoms with Crippen LogP contribution in [0.25, 0.3) is 0 Å². The number of carbonyl (C=O) groups is 2. The number of allylic oxidation sites excluding steroid dienone is 1. The van der Waals surface area contributed by atoms with Crippen molar-refractivity contribution < 1.29 is 14.0 Å². The molecule has 33 heavy (non-hydrogen) atoms. The number of anilines is 2. The zero-order chi connectivity index (χ0) is 23.1. The van der Waals surface area contributed by atoms with Gasteiger partial charge in [0.2, 0.25) is 5.91 Å². The average Bonchev–Trinajstić information content (AvgIpc) is 2.94. The number of Topliss-reactive ketones (excluding diaryl/α,β-unsaturated/α-hetero) is 1. The second kappa shape index (κ2) is 8.49. The molecule has 1 amide bonds.